The van der Waals surface area contributed by atoms with Crippen molar-refractivity contribution in [1.82, 2.24) is 21.0 Å². The smallest absolute Gasteiger partial charge is 0.338 e. The van der Waals surface area contributed by atoms with Crippen LogP contribution >= 0.6 is 0 Å². The van der Waals surface area contributed by atoms with Gasteiger partial charge in [-0.3, -0.25) is 9.94 Å². The van der Waals surface area contributed by atoms with Crippen molar-refractivity contribution in [2.45, 2.75) is 6.54 Å². The summed E-state index contributed by atoms with van der Waals surface area (Å²) < 4.78 is 0. The monoisotopic (exact) mass is 214 g/mol. The summed E-state index contributed by atoms with van der Waals surface area (Å²) in [5, 5.41) is 16.9. The van der Waals surface area contributed by atoms with Gasteiger partial charge in [0.15, 0.2) is 6.61 Å². The Morgan fingerprint density at radius 1 is 1.60 bits per heavy atom. The molecule has 0 radical (unpaired) electrons. The molecule has 2 amide bonds. The zero-order valence-electron chi connectivity index (χ0n) is 7.69. The average molecular weight is 214 g/mol. The number of aromatic nitrogens is 2. The van der Waals surface area contributed by atoms with Crippen molar-refractivity contribution in [3.05, 3.63) is 18.0 Å². The van der Waals surface area contributed by atoms with E-state index < -0.39 is 18.6 Å². The lowest BCUT2D eigenvalue weighted by Gasteiger charge is -2.04. The summed E-state index contributed by atoms with van der Waals surface area (Å²) in [6.07, 6.45) is 3.18. The zero-order chi connectivity index (χ0) is 11.1. The van der Waals surface area contributed by atoms with Gasteiger partial charge >= 0.3 is 12.0 Å². The number of carboxylic acids is 1. The standard InChI is InChI=1S/C7H10N4O4/c12-6(13)4-15-11-7(14)8-1-5-2-9-10-3-5/h2-3H,1,4H2,(H,9,10)(H,12,13)(H2,8,11,14). The number of hydrogen-bond donors (Lipinski definition) is 4. The molecule has 82 valence electrons. The van der Waals surface area contributed by atoms with Crippen molar-refractivity contribution in [2.24, 2.45) is 0 Å². The number of hydroxylamine groups is 1. The predicted octanol–water partition coefficient (Wildman–Crippen LogP) is -0.775. The van der Waals surface area contributed by atoms with E-state index in [2.05, 4.69) is 20.4 Å². The number of carboxylic acid groups (broad SMARTS) is 1. The van der Waals surface area contributed by atoms with Gasteiger partial charge in [-0.2, -0.15) is 5.10 Å². The van der Waals surface area contributed by atoms with Crippen LogP contribution in [0.15, 0.2) is 12.4 Å². The molecule has 0 aliphatic heterocycles. The third-order valence-electron chi connectivity index (χ3n) is 1.37. The quantitative estimate of drug-likeness (QED) is 0.480. The van der Waals surface area contributed by atoms with Gasteiger partial charge in [0.25, 0.3) is 0 Å². The number of aromatic amines is 1. The van der Waals surface area contributed by atoms with Crippen LogP contribution in [0.4, 0.5) is 4.79 Å². The van der Waals surface area contributed by atoms with Gasteiger partial charge in [0, 0.05) is 18.3 Å². The van der Waals surface area contributed by atoms with E-state index in [0.717, 1.165) is 5.56 Å². The van der Waals surface area contributed by atoms with Crippen molar-refractivity contribution in [2.75, 3.05) is 6.61 Å². The number of aliphatic carboxylic acids is 1. The van der Waals surface area contributed by atoms with E-state index in [-0.39, 0.29) is 6.54 Å². The molecule has 0 bridgehead atoms. The first-order valence-corrected chi connectivity index (χ1v) is 4.03. The highest BCUT2D eigenvalue weighted by atomic mass is 16.7. The molecule has 0 saturated heterocycles. The molecule has 0 unspecified atom stereocenters. The second-order valence-corrected chi connectivity index (χ2v) is 2.57. The number of amides is 2. The van der Waals surface area contributed by atoms with Crippen molar-refractivity contribution in [3.8, 4) is 0 Å². The van der Waals surface area contributed by atoms with Crippen LogP contribution in [0.2, 0.25) is 0 Å². The van der Waals surface area contributed by atoms with Crippen LogP contribution in [0.25, 0.3) is 0 Å². The number of urea groups is 1. The van der Waals surface area contributed by atoms with Crippen LogP contribution in [0.5, 0.6) is 0 Å². The summed E-state index contributed by atoms with van der Waals surface area (Å²) >= 11 is 0. The number of carbonyl (C=O) groups is 2. The Bertz CT molecular complexity index is 324. The van der Waals surface area contributed by atoms with E-state index in [0.29, 0.717) is 0 Å². The third kappa shape index (κ3) is 4.62. The predicted molar refractivity (Wildman–Crippen MR) is 47.5 cm³/mol. The van der Waals surface area contributed by atoms with Gasteiger partial charge in [0.05, 0.1) is 6.20 Å². The van der Waals surface area contributed by atoms with Gasteiger partial charge in [0.1, 0.15) is 0 Å². The minimum Gasteiger partial charge on any atom is -0.479 e. The maximum atomic E-state index is 10.9. The Balaban J connectivity index is 2.11. The fraction of sp³-hybridized carbons (Fsp3) is 0.286. The fourth-order valence-electron chi connectivity index (χ4n) is 0.756. The van der Waals surface area contributed by atoms with Gasteiger partial charge in [-0.05, 0) is 0 Å². The van der Waals surface area contributed by atoms with Crippen LogP contribution in [0.3, 0.4) is 0 Å². The summed E-state index contributed by atoms with van der Waals surface area (Å²) in [5.41, 5.74) is 2.71. The molecule has 1 heterocycles. The molecule has 1 aromatic heterocycles. The van der Waals surface area contributed by atoms with Gasteiger partial charge in [-0.1, -0.05) is 0 Å². The topological polar surface area (TPSA) is 116 Å². The zero-order valence-corrected chi connectivity index (χ0v) is 7.69. The SMILES string of the molecule is O=C(O)CONC(=O)NCc1cn[nH]c1. The summed E-state index contributed by atoms with van der Waals surface area (Å²) in [4.78, 5) is 25.3. The van der Waals surface area contributed by atoms with E-state index in [4.69, 9.17) is 5.11 Å². The lowest BCUT2D eigenvalue weighted by atomic mass is 10.4. The molecule has 1 aromatic rings. The average Bonchev–Trinajstić information content (AvgIpc) is 2.66. The molecule has 1 rings (SSSR count). The van der Waals surface area contributed by atoms with Gasteiger partial charge in [0.2, 0.25) is 0 Å². The summed E-state index contributed by atoms with van der Waals surface area (Å²) in [7, 11) is 0. The maximum Gasteiger partial charge on any atom is 0.338 e. The molecule has 0 atom stereocenters. The van der Waals surface area contributed by atoms with Gasteiger partial charge in [-0.25, -0.2) is 15.1 Å². The lowest BCUT2D eigenvalue weighted by molar-refractivity contribution is -0.144. The van der Waals surface area contributed by atoms with Crippen LogP contribution in [-0.2, 0) is 16.2 Å². The third-order valence-corrected chi connectivity index (χ3v) is 1.37. The Morgan fingerprint density at radius 2 is 2.40 bits per heavy atom. The van der Waals surface area contributed by atoms with Crippen LogP contribution in [-0.4, -0.2) is 33.9 Å². The number of nitrogens with zero attached hydrogens (tertiary/aromatic N) is 1. The van der Waals surface area contributed by atoms with Crippen LogP contribution < -0.4 is 10.8 Å². The molecule has 4 N–H and O–H groups in total. The fourth-order valence-corrected chi connectivity index (χ4v) is 0.756. The maximum absolute atomic E-state index is 10.9. The van der Waals surface area contributed by atoms with Gasteiger partial charge < -0.3 is 10.4 Å². The molecule has 0 aromatic carbocycles. The van der Waals surface area contributed by atoms with E-state index in [9.17, 15) is 9.59 Å². The molecular formula is C7H10N4O4. The Hall–Kier alpha value is -2.09. The van der Waals surface area contributed by atoms with Crippen LogP contribution in [0.1, 0.15) is 5.56 Å². The van der Waals surface area contributed by atoms with E-state index in [1.165, 1.54) is 0 Å². The Kier molecular flexibility index (Phi) is 4.10. The number of rotatable bonds is 5. The minimum atomic E-state index is -1.16. The van der Waals surface area contributed by atoms with Crippen molar-refractivity contribution < 1.29 is 19.5 Å². The molecule has 8 nitrogen and oxygen atoms in total. The van der Waals surface area contributed by atoms with Gasteiger partial charge in [-0.15, -0.1) is 0 Å². The molecule has 15 heavy (non-hydrogen) atoms. The first-order valence-electron chi connectivity index (χ1n) is 4.03. The number of nitrogens with one attached hydrogen (secondary N) is 3. The molecule has 0 spiro atoms. The molecule has 0 saturated carbocycles. The van der Waals surface area contributed by atoms with Crippen molar-refractivity contribution in [1.29, 1.82) is 0 Å². The summed E-state index contributed by atoms with van der Waals surface area (Å²) in [6, 6.07) is -0.613. The number of carbonyl (C=O) groups excluding carboxylic acids is 1. The second kappa shape index (κ2) is 5.60. The highest BCUT2D eigenvalue weighted by molar-refractivity contribution is 5.73. The lowest BCUT2D eigenvalue weighted by Crippen LogP contribution is -2.36. The Morgan fingerprint density at radius 3 is 3.00 bits per heavy atom. The molecule has 8 heteroatoms. The number of hydrogen-bond acceptors (Lipinski definition) is 4. The molecular weight excluding hydrogens is 204 g/mol. The molecule has 0 aliphatic rings. The molecule has 0 aliphatic carbocycles. The Labute approximate surface area is 84.6 Å². The number of H-pyrrole nitrogens is 1. The second-order valence-electron chi connectivity index (χ2n) is 2.57. The highest BCUT2D eigenvalue weighted by Gasteiger charge is 2.02. The largest absolute Gasteiger partial charge is 0.479 e. The first kappa shape index (κ1) is 11.0. The normalized spacial score (nSPS) is 9.60. The van der Waals surface area contributed by atoms with Crippen molar-refractivity contribution >= 4 is 12.0 Å². The van der Waals surface area contributed by atoms with Crippen molar-refractivity contribution in [3.63, 3.8) is 0 Å². The first-order chi connectivity index (χ1) is 7.18. The van der Waals surface area contributed by atoms with E-state index >= 15 is 0 Å². The molecule has 0 fully saturated rings. The van der Waals surface area contributed by atoms with Crippen LogP contribution in [0, 0.1) is 0 Å². The summed E-state index contributed by atoms with van der Waals surface area (Å²) in [5.74, 6) is -1.16. The summed E-state index contributed by atoms with van der Waals surface area (Å²) in [6.45, 7) is -0.308. The van der Waals surface area contributed by atoms with E-state index in [1.54, 1.807) is 12.4 Å². The highest BCUT2D eigenvalue weighted by Crippen LogP contribution is 1.91. The van der Waals surface area contributed by atoms with E-state index in [1.807, 2.05) is 5.48 Å². The minimum absolute atomic E-state index is 0.277.